The number of nitrogens with zero attached hydrogens (tertiary/aromatic N) is 1. The van der Waals surface area contributed by atoms with Crippen molar-refractivity contribution in [3.05, 3.63) is 115 Å². The van der Waals surface area contributed by atoms with Crippen LogP contribution >= 0.6 is 0 Å². The van der Waals surface area contributed by atoms with E-state index in [4.69, 9.17) is 9.47 Å². The highest BCUT2D eigenvalue weighted by atomic mass is 16.5. The van der Waals surface area contributed by atoms with Crippen LogP contribution in [0, 0.1) is 0 Å². The molecule has 0 amide bonds. The Labute approximate surface area is 192 Å². The number of esters is 2. The van der Waals surface area contributed by atoms with Crippen LogP contribution in [0.4, 0.5) is 5.69 Å². The summed E-state index contributed by atoms with van der Waals surface area (Å²) in [5, 5.41) is 0. The third-order valence-electron chi connectivity index (χ3n) is 5.36. The van der Waals surface area contributed by atoms with Gasteiger partial charge in [0, 0.05) is 11.9 Å². The molecule has 0 saturated heterocycles. The Hall–Kier alpha value is -4.38. The van der Waals surface area contributed by atoms with Gasteiger partial charge in [-0.3, -0.25) is 0 Å². The van der Waals surface area contributed by atoms with Gasteiger partial charge >= 0.3 is 11.9 Å². The second-order valence-corrected chi connectivity index (χ2v) is 7.31. The zero-order valence-electron chi connectivity index (χ0n) is 18.4. The van der Waals surface area contributed by atoms with E-state index in [2.05, 4.69) is 36.4 Å². The number of carbonyl (C=O) groups is 2. The van der Waals surface area contributed by atoms with Crippen molar-refractivity contribution in [1.29, 1.82) is 0 Å². The summed E-state index contributed by atoms with van der Waals surface area (Å²) in [4.78, 5) is 26.5. The van der Waals surface area contributed by atoms with Crippen molar-refractivity contribution in [1.82, 2.24) is 0 Å². The summed E-state index contributed by atoms with van der Waals surface area (Å²) in [5.41, 5.74) is 5.36. The normalized spacial score (nSPS) is 13.0. The lowest BCUT2D eigenvalue weighted by molar-refractivity contribution is -0.139. The summed E-state index contributed by atoms with van der Waals surface area (Å²) in [6.07, 6.45) is 6.67. The lowest BCUT2D eigenvalue weighted by Gasteiger charge is -2.23. The highest BCUT2D eigenvalue weighted by Crippen LogP contribution is 2.30. The molecule has 164 valence electrons. The van der Waals surface area contributed by atoms with Crippen molar-refractivity contribution >= 4 is 17.6 Å². The van der Waals surface area contributed by atoms with E-state index < -0.39 is 11.9 Å². The Balaban J connectivity index is 1.65. The molecule has 0 radical (unpaired) electrons. The van der Waals surface area contributed by atoms with Gasteiger partial charge in [0.15, 0.2) is 0 Å². The van der Waals surface area contributed by atoms with Crippen molar-refractivity contribution in [2.24, 2.45) is 0 Å². The van der Waals surface area contributed by atoms with Gasteiger partial charge in [-0.1, -0.05) is 72.8 Å². The minimum absolute atomic E-state index is 0.0920. The van der Waals surface area contributed by atoms with Crippen LogP contribution in [0.3, 0.4) is 0 Å². The Morgan fingerprint density at radius 3 is 1.70 bits per heavy atom. The number of rotatable bonds is 5. The van der Waals surface area contributed by atoms with Gasteiger partial charge in [-0.15, -0.1) is 0 Å². The third-order valence-corrected chi connectivity index (χ3v) is 5.36. The van der Waals surface area contributed by atoms with Gasteiger partial charge in [0.2, 0.25) is 0 Å². The summed E-state index contributed by atoms with van der Waals surface area (Å²) < 4.78 is 9.81. The van der Waals surface area contributed by atoms with Gasteiger partial charge in [0.1, 0.15) is 5.70 Å². The molecule has 0 saturated carbocycles. The molecule has 1 aliphatic rings. The summed E-state index contributed by atoms with van der Waals surface area (Å²) >= 11 is 0. The van der Waals surface area contributed by atoms with Crippen LogP contribution in [0.2, 0.25) is 0 Å². The third kappa shape index (κ3) is 4.62. The quantitative estimate of drug-likeness (QED) is 0.493. The molecule has 4 rings (SSSR count). The predicted molar refractivity (Wildman–Crippen MR) is 129 cm³/mol. The molecule has 3 aromatic rings. The van der Waals surface area contributed by atoms with Gasteiger partial charge < -0.3 is 14.4 Å². The van der Waals surface area contributed by atoms with Crippen LogP contribution in [0.5, 0.6) is 0 Å². The standard InChI is InChI=1S/C28H23NO4/c1-32-27(30)25-10-6-7-19-29(26(25)28(31)33-2)24-17-15-23(16-18-24)22-13-11-21(12-14-22)20-8-4-3-5-9-20/h3-19H,1-2H3. The summed E-state index contributed by atoms with van der Waals surface area (Å²) in [5.74, 6) is -1.25. The summed E-state index contributed by atoms with van der Waals surface area (Å²) in [6.45, 7) is 0. The molecule has 0 aromatic heterocycles. The molecule has 5 heteroatoms. The number of benzene rings is 3. The Morgan fingerprint density at radius 1 is 0.636 bits per heavy atom. The van der Waals surface area contributed by atoms with E-state index in [1.54, 1.807) is 23.3 Å². The number of ether oxygens (including phenoxy) is 2. The average Bonchev–Trinajstić information content (AvgIpc) is 3.11. The van der Waals surface area contributed by atoms with Crippen LogP contribution in [-0.4, -0.2) is 26.2 Å². The SMILES string of the molecule is COC(=O)C1=C(C(=O)OC)N(c2ccc(-c3ccc(-c4ccccc4)cc3)cc2)C=CC=C1. The molecule has 1 aliphatic heterocycles. The van der Waals surface area contributed by atoms with E-state index in [-0.39, 0.29) is 11.3 Å². The van der Waals surface area contributed by atoms with E-state index in [0.29, 0.717) is 5.69 Å². The first-order valence-corrected chi connectivity index (χ1v) is 10.4. The van der Waals surface area contributed by atoms with Crippen molar-refractivity contribution in [2.45, 2.75) is 0 Å². The van der Waals surface area contributed by atoms with E-state index in [0.717, 1.165) is 16.7 Å². The van der Waals surface area contributed by atoms with Gasteiger partial charge in [-0.2, -0.15) is 0 Å². The van der Waals surface area contributed by atoms with E-state index in [1.165, 1.54) is 25.9 Å². The second kappa shape index (κ2) is 9.83. The van der Waals surface area contributed by atoms with Crippen molar-refractivity contribution in [3.8, 4) is 22.3 Å². The lowest BCUT2D eigenvalue weighted by atomic mass is 10.00. The molecular weight excluding hydrogens is 414 g/mol. The zero-order chi connectivity index (χ0) is 23.2. The van der Waals surface area contributed by atoms with Crippen LogP contribution < -0.4 is 4.90 Å². The minimum Gasteiger partial charge on any atom is -0.465 e. The van der Waals surface area contributed by atoms with Gasteiger partial charge in [0.05, 0.1) is 19.8 Å². The Bertz CT molecular complexity index is 1240. The largest absolute Gasteiger partial charge is 0.465 e. The van der Waals surface area contributed by atoms with Gasteiger partial charge in [-0.05, 0) is 46.5 Å². The average molecular weight is 437 g/mol. The van der Waals surface area contributed by atoms with Gasteiger partial charge in [0.25, 0.3) is 0 Å². The zero-order valence-corrected chi connectivity index (χ0v) is 18.4. The molecule has 0 aliphatic carbocycles. The van der Waals surface area contributed by atoms with Crippen LogP contribution in [0.25, 0.3) is 22.3 Å². The lowest BCUT2D eigenvalue weighted by Crippen LogP contribution is -2.26. The van der Waals surface area contributed by atoms with Crippen LogP contribution in [0.15, 0.2) is 115 Å². The summed E-state index contributed by atoms with van der Waals surface area (Å²) in [7, 11) is 2.56. The van der Waals surface area contributed by atoms with Crippen molar-refractivity contribution in [2.75, 3.05) is 19.1 Å². The maximum atomic E-state index is 12.6. The maximum absolute atomic E-state index is 12.6. The molecule has 0 unspecified atom stereocenters. The maximum Gasteiger partial charge on any atom is 0.355 e. The molecule has 0 N–H and O–H groups in total. The van der Waals surface area contributed by atoms with E-state index >= 15 is 0 Å². The molecule has 0 atom stereocenters. The monoisotopic (exact) mass is 437 g/mol. The molecule has 3 aromatic carbocycles. The first-order chi connectivity index (χ1) is 16.1. The molecule has 33 heavy (non-hydrogen) atoms. The number of allylic oxidation sites excluding steroid dienone is 2. The van der Waals surface area contributed by atoms with Crippen LogP contribution in [-0.2, 0) is 19.1 Å². The smallest absolute Gasteiger partial charge is 0.355 e. The molecule has 0 fully saturated rings. The molecule has 0 spiro atoms. The Kier molecular flexibility index (Phi) is 6.51. The first kappa shape index (κ1) is 21.8. The van der Waals surface area contributed by atoms with Crippen molar-refractivity contribution in [3.63, 3.8) is 0 Å². The fraction of sp³-hybridized carbons (Fsp3) is 0.0714. The van der Waals surface area contributed by atoms with E-state index in [1.807, 2.05) is 42.5 Å². The number of carbonyl (C=O) groups excluding carboxylic acids is 2. The number of anilines is 1. The molecule has 1 heterocycles. The van der Waals surface area contributed by atoms with Gasteiger partial charge in [-0.25, -0.2) is 9.59 Å². The number of methoxy groups -OCH3 is 2. The van der Waals surface area contributed by atoms with E-state index in [9.17, 15) is 9.59 Å². The summed E-state index contributed by atoms with van der Waals surface area (Å²) in [6, 6.07) is 26.3. The first-order valence-electron chi connectivity index (χ1n) is 10.4. The number of hydrogen-bond donors (Lipinski definition) is 0. The molecule has 0 bridgehead atoms. The topological polar surface area (TPSA) is 55.8 Å². The minimum atomic E-state index is -0.632. The Morgan fingerprint density at radius 2 is 1.15 bits per heavy atom. The second-order valence-electron chi connectivity index (χ2n) is 7.31. The molecule has 5 nitrogen and oxygen atoms in total. The highest BCUT2D eigenvalue weighted by molar-refractivity contribution is 6.05. The van der Waals surface area contributed by atoms with Crippen molar-refractivity contribution < 1.29 is 19.1 Å². The van der Waals surface area contributed by atoms with Crippen LogP contribution in [0.1, 0.15) is 0 Å². The fourth-order valence-electron chi connectivity index (χ4n) is 3.67. The molecular formula is C28H23NO4. The fourth-order valence-corrected chi connectivity index (χ4v) is 3.67. The predicted octanol–water partition coefficient (Wildman–Crippen LogP) is 5.51. The number of hydrogen-bond acceptors (Lipinski definition) is 5. The highest BCUT2D eigenvalue weighted by Gasteiger charge is 2.27.